The molecule has 0 saturated carbocycles. The maximum absolute atomic E-state index is 12.1. The molecular weight excluding hydrogens is 320 g/mol. The highest BCUT2D eigenvalue weighted by atomic mass is 79.9. The van der Waals surface area contributed by atoms with E-state index in [1.54, 1.807) is 12.1 Å². The summed E-state index contributed by atoms with van der Waals surface area (Å²) >= 11 is 3.47. The Morgan fingerprint density at radius 2 is 2.10 bits per heavy atom. The Morgan fingerprint density at radius 3 is 2.70 bits per heavy atom. The molecule has 4 heteroatoms. The minimum Gasteiger partial charge on any atom is -0.493 e. The van der Waals surface area contributed by atoms with Crippen LogP contribution < -0.4 is 10.2 Å². The van der Waals surface area contributed by atoms with Crippen LogP contribution in [0.1, 0.15) is 32.1 Å². The topological polar surface area (TPSA) is 39.4 Å². The maximum atomic E-state index is 12.1. The first-order chi connectivity index (χ1) is 9.56. The Hall–Kier alpha value is -1.29. The summed E-state index contributed by atoms with van der Waals surface area (Å²) in [4.78, 5) is 12.1. The van der Waals surface area contributed by atoms with Gasteiger partial charge in [0.2, 0.25) is 0 Å². The number of fused-ring (bicyclic) bond motifs is 1. The van der Waals surface area contributed by atoms with Gasteiger partial charge in [-0.3, -0.25) is 4.79 Å². The number of rotatable bonds is 5. The Labute approximate surface area is 127 Å². The minimum atomic E-state index is 0.000657. The SMILES string of the molecule is CCc1cc(=O)c2ccc(OCC(C)C)c(CBr)c2o1. The van der Waals surface area contributed by atoms with Gasteiger partial charge in [0.1, 0.15) is 17.1 Å². The number of hydrogen-bond acceptors (Lipinski definition) is 3. The lowest BCUT2D eigenvalue weighted by Gasteiger charge is -2.13. The van der Waals surface area contributed by atoms with E-state index in [9.17, 15) is 4.79 Å². The summed E-state index contributed by atoms with van der Waals surface area (Å²) < 4.78 is 11.7. The molecule has 0 radical (unpaired) electrons. The van der Waals surface area contributed by atoms with Crippen LogP contribution in [-0.4, -0.2) is 6.61 Å². The normalized spacial score (nSPS) is 11.2. The minimum absolute atomic E-state index is 0.000657. The third-order valence-electron chi connectivity index (χ3n) is 3.06. The summed E-state index contributed by atoms with van der Waals surface area (Å²) in [7, 11) is 0. The Morgan fingerprint density at radius 1 is 1.35 bits per heavy atom. The average Bonchev–Trinajstić information content (AvgIpc) is 2.43. The van der Waals surface area contributed by atoms with Crippen molar-refractivity contribution in [1.29, 1.82) is 0 Å². The van der Waals surface area contributed by atoms with E-state index < -0.39 is 0 Å². The van der Waals surface area contributed by atoms with Gasteiger partial charge in [-0.1, -0.05) is 36.7 Å². The molecule has 108 valence electrons. The van der Waals surface area contributed by atoms with Crippen molar-refractivity contribution in [3.8, 4) is 5.75 Å². The second kappa shape index (κ2) is 6.44. The largest absolute Gasteiger partial charge is 0.493 e. The highest BCUT2D eigenvalue weighted by Gasteiger charge is 2.13. The molecule has 0 spiro atoms. The Bertz CT molecular complexity index is 659. The van der Waals surface area contributed by atoms with Gasteiger partial charge in [-0.2, -0.15) is 0 Å². The van der Waals surface area contributed by atoms with E-state index in [1.165, 1.54) is 0 Å². The van der Waals surface area contributed by atoms with Crippen molar-refractivity contribution < 1.29 is 9.15 Å². The number of benzene rings is 1. The smallest absolute Gasteiger partial charge is 0.192 e. The summed E-state index contributed by atoms with van der Waals surface area (Å²) in [6, 6.07) is 5.20. The summed E-state index contributed by atoms with van der Waals surface area (Å²) in [5, 5.41) is 1.20. The number of ether oxygens (including phenoxy) is 1. The zero-order chi connectivity index (χ0) is 14.7. The summed E-state index contributed by atoms with van der Waals surface area (Å²) in [6.07, 6.45) is 0.698. The molecule has 2 rings (SSSR count). The molecule has 1 heterocycles. The van der Waals surface area contributed by atoms with Crippen LogP contribution in [0.4, 0.5) is 0 Å². The number of aryl methyl sites for hydroxylation is 1. The van der Waals surface area contributed by atoms with Gasteiger partial charge >= 0.3 is 0 Å². The van der Waals surface area contributed by atoms with E-state index in [0.29, 0.717) is 41.0 Å². The third-order valence-corrected chi connectivity index (χ3v) is 3.62. The fourth-order valence-corrected chi connectivity index (χ4v) is 2.53. The van der Waals surface area contributed by atoms with E-state index in [2.05, 4.69) is 29.8 Å². The van der Waals surface area contributed by atoms with Gasteiger partial charge in [0, 0.05) is 23.4 Å². The lowest BCUT2D eigenvalue weighted by molar-refractivity contribution is 0.269. The van der Waals surface area contributed by atoms with Crippen LogP contribution in [0.2, 0.25) is 0 Å². The average molecular weight is 339 g/mol. The molecule has 0 unspecified atom stereocenters. The van der Waals surface area contributed by atoms with Crippen LogP contribution in [0.15, 0.2) is 27.4 Å². The molecule has 0 bridgehead atoms. The Balaban J connectivity index is 2.59. The van der Waals surface area contributed by atoms with Crippen molar-refractivity contribution in [3.63, 3.8) is 0 Å². The standard InChI is InChI=1S/C16H19BrO3/c1-4-11-7-14(18)12-5-6-15(19-9-10(2)3)13(8-17)16(12)20-11/h5-7,10H,4,8-9H2,1-3H3. The third kappa shape index (κ3) is 3.06. The molecule has 0 aliphatic rings. The zero-order valence-electron chi connectivity index (χ0n) is 12.0. The quantitative estimate of drug-likeness (QED) is 0.763. The molecule has 3 nitrogen and oxygen atoms in total. The second-order valence-corrected chi connectivity index (χ2v) is 5.75. The fourth-order valence-electron chi connectivity index (χ4n) is 2.00. The highest BCUT2D eigenvalue weighted by Crippen LogP contribution is 2.29. The van der Waals surface area contributed by atoms with Gasteiger partial charge in [-0.05, 0) is 18.1 Å². The molecule has 1 aromatic carbocycles. The van der Waals surface area contributed by atoms with Crippen LogP contribution >= 0.6 is 15.9 Å². The molecule has 0 amide bonds. The van der Waals surface area contributed by atoms with Crippen LogP contribution in [0.3, 0.4) is 0 Å². The monoisotopic (exact) mass is 338 g/mol. The van der Waals surface area contributed by atoms with Crippen LogP contribution in [0.25, 0.3) is 11.0 Å². The van der Waals surface area contributed by atoms with Gasteiger partial charge in [0.05, 0.1) is 12.0 Å². The van der Waals surface area contributed by atoms with E-state index in [-0.39, 0.29) is 5.43 Å². The molecule has 2 aromatic rings. The van der Waals surface area contributed by atoms with E-state index in [4.69, 9.17) is 9.15 Å². The van der Waals surface area contributed by atoms with Crippen molar-refractivity contribution in [2.75, 3.05) is 6.61 Å². The van der Waals surface area contributed by atoms with Crippen LogP contribution in [0.5, 0.6) is 5.75 Å². The van der Waals surface area contributed by atoms with E-state index in [0.717, 1.165) is 11.3 Å². The summed E-state index contributed by atoms with van der Waals surface area (Å²) in [5.74, 6) is 1.92. The zero-order valence-corrected chi connectivity index (χ0v) is 13.6. The van der Waals surface area contributed by atoms with Crippen LogP contribution in [-0.2, 0) is 11.8 Å². The van der Waals surface area contributed by atoms with Crippen molar-refractivity contribution in [1.82, 2.24) is 0 Å². The summed E-state index contributed by atoms with van der Waals surface area (Å²) in [6.45, 7) is 6.81. The van der Waals surface area contributed by atoms with E-state index in [1.807, 2.05) is 13.0 Å². The molecule has 0 fully saturated rings. The van der Waals surface area contributed by atoms with Gasteiger partial charge in [-0.15, -0.1) is 0 Å². The highest BCUT2D eigenvalue weighted by molar-refractivity contribution is 9.08. The molecule has 0 aliphatic heterocycles. The fraction of sp³-hybridized carbons (Fsp3) is 0.438. The first kappa shape index (κ1) is 15.1. The van der Waals surface area contributed by atoms with Gasteiger partial charge in [-0.25, -0.2) is 0 Å². The van der Waals surface area contributed by atoms with Crippen molar-refractivity contribution in [2.24, 2.45) is 5.92 Å². The number of alkyl halides is 1. The van der Waals surface area contributed by atoms with E-state index >= 15 is 0 Å². The van der Waals surface area contributed by atoms with Crippen molar-refractivity contribution in [2.45, 2.75) is 32.5 Å². The molecule has 0 aliphatic carbocycles. The predicted molar refractivity (Wildman–Crippen MR) is 84.8 cm³/mol. The van der Waals surface area contributed by atoms with Gasteiger partial charge < -0.3 is 9.15 Å². The van der Waals surface area contributed by atoms with Gasteiger partial charge in [0.15, 0.2) is 5.43 Å². The molecule has 1 aromatic heterocycles. The first-order valence-electron chi connectivity index (χ1n) is 6.84. The molecular formula is C16H19BrO3. The first-order valence-corrected chi connectivity index (χ1v) is 7.96. The molecule has 0 atom stereocenters. The van der Waals surface area contributed by atoms with Crippen molar-refractivity contribution in [3.05, 3.63) is 39.7 Å². The van der Waals surface area contributed by atoms with Gasteiger partial charge in [0.25, 0.3) is 0 Å². The number of hydrogen-bond donors (Lipinski definition) is 0. The maximum Gasteiger partial charge on any atom is 0.192 e. The molecule has 0 N–H and O–H groups in total. The van der Waals surface area contributed by atoms with Crippen LogP contribution in [0, 0.1) is 5.92 Å². The second-order valence-electron chi connectivity index (χ2n) is 5.19. The predicted octanol–water partition coefficient (Wildman–Crippen LogP) is 4.29. The number of halogens is 1. The molecule has 0 saturated heterocycles. The summed E-state index contributed by atoms with van der Waals surface area (Å²) in [5.41, 5.74) is 1.53. The molecule has 20 heavy (non-hydrogen) atoms. The lowest BCUT2D eigenvalue weighted by atomic mass is 10.1. The van der Waals surface area contributed by atoms with Crippen molar-refractivity contribution >= 4 is 26.9 Å². The Kier molecular flexibility index (Phi) is 4.86. The lowest BCUT2D eigenvalue weighted by Crippen LogP contribution is -2.08.